The van der Waals surface area contributed by atoms with Crippen LogP contribution in [0.3, 0.4) is 0 Å². The van der Waals surface area contributed by atoms with Crippen LogP contribution in [0.15, 0.2) is 36.4 Å². The van der Waals surface area contributed by atoms with E-state index in [0.717, 1.165) is 73.7 Å². The predicted molar refractivity (Wildman–Crippen MR) is 205 cm³/mol. The molecule has 0 atom stereocenters. The second-order valence-electron chi connectivity index (χ2n) is 15.0. The van der Waals surface area contributed by atoms with E-state index in [1.165, 1.54) is 107 Å². The van der Waals surface area contributed by atoms with Crippen molar-refractivity contribution in [1.29, 1.82) is 0 Å². The van der Waals surface area contributed by atoms with Crippen LogP contribution in [0.2, 0.25) is 0 Å². The Morgan fingerprint density at radius 2 is 1.00 bits per heavy atom. The largest absolute Gasteiger partial charge is 0.497 e. The van der Waals surface area contributed by atoms with Crippen LogP contribution in [-0.4, -0.2) is 20.2 Å². The zero-order chi connectivity index (χ0) is 34.8. The summed E-state index contributed by atoms with van der Waals surface area (Å²) in [6.45, 7) is 9.17. The lowest BCUT2D eigenvalue weighted by molar-refractivity contribution is -0.134. The molecular weight excluding hydrogens is 592 g/mol. The van der Waals surface area contributed by atoms with Crippen molar-refractivity contribution in [2.75, 3.05) is 14.2 Å². The van der Waals surface area contributed by atoms with E-state index in [0.29, 0.717) is 12.3 Å². The van der Waals surface area contributed by atoms with Crippen LogP contribution in [0.5, 0.6) is 17.2 Å². The van der Waals surface area contributed by atoms with Gasteiger partial charge in [0.15, 0.2) is 0 Å². The number of esters is 1. The molecule has 0 aromatic heterocycles. The Bertz CT molecular complexity index is 1090. The molecule has 48 heavy (non-hydrogen) atoms. The van der Waals surface area contributed by atoms with Gasteiger partial charge >= 0.3 is 5.97 Å². The van der Waals surface area contributed by atoms with E-state index in [1.807, 2.05) is 0 Å². The molecule has 0 heterocycles. The monoisotopic (exact) mass is 665 g/mol. The quantitative estimate of drug-likeness (QED) is 0.0493. The van der Waals surface area contributed by atoms with Crippen molar-refractivity contribution in [3.8, 4) is 17.2 Å². The Morgan fingerprint density at radius 3 is 1.56 bits per heavy atom. The molecule has 0 saturated heterocycles. The van der Waals surface area contributed by atoms with Gasteiger partial charge in [-0.2, -0.15) is 0 Å². The van der Waals surface area contributed by atoms with E-state index in [2.05, 4.69) is 64.1 Å². The second kappa shape index (κ2) is 26.4. The first kappa shape index (κ1) is 41.7. The maximum absolute atomic E-state index is 13.0. The van der Waals surface area contributed by atoms with Gasteiger partial charge in [-0.25, -0.2) is 0 Å². The summed E-state index contributed by atoms with van der Waals surface area (Å²) in [6.07, 6.45) is 27.1. The number of hydrogen-bond acceptors (Lipinski definition) is 4. The number of aryl methyl sites for hydroxylation is 2. The summed E-state index contributed by atoms with van der Waals surface area (Å²) in [4.78, 5) is 13.0. The highest BCUT2D eigenvalue weighted by molar-refractivity contribution is 5.73. The first-order chi connectivity index (χ1) is 23.3. The van der Waals surface area contributed by atoms with Gasteiger partial charge in [-0.05, 0) is 92.2 Å². The number of carbonyl (C=O) groups excluding carboxylic acids is 1. The molecule has 0 bridgehead atoms. The zero-order valence-corrected chi connectivity index (χ0v) is 32.0. The van der Waals surface area contributed by atoms with E-state index < -0.39 is 0 Å². The number of carbonyl (C=O) groups is 1. The Hall–Kier alpha value is -2.49. The van der Waals surface area contributed by atoms with E-state index in [4.69, 9.17) is 14.2 Å². The minimum atomic E-state index is -0.0996. The molecule has 0 unspecified atom stereocenters. The van der Waals surface area contributed by atoms with E-state index >= 15 is 0 Å². The Labute approximate surface area is 296 Å². The fraction of sp³-hybridized carbons (Fsp3) is 0.705. The third-order valence-corrected chi connectivity index (χ3v) is 9.63. The van der Waals surface area contributed by atoms with Crippen molar-refractivity contribution in [1.82, 2.24) is 0 Å². The predicted octanol–water partition coefficient (Wildman–Crippen LogP) is 13.1. The van der Waals surface area contributed by atoms with Crippen LogP contribution in [0.25, 0.3) is 0 Å². The summed E-state index contributed by atoms with van der Waals surface area (Å²) in [7, 11) is 3.47. The lowest BCUT2D eigenvalue weighted by Gasteiger charge is -2.17. The maximum atomic E-state index is 13.0. The fourth-order valence-corrected chi connectivity index (χ4v) is 6.59. The molecule has 0 N–H and O–H groups in total. The van der Waals surface area contributed by atoms with Gasteiger partial charge in [-0.3, -0.25) is 4.79 Å². The van der Waals surface area contributed by atoms with Crippen molar-refractivity contribution in [2.24, 2.45) is 11.8 Å². The minimum absolute atomic E-state index is 0.0996. The molecule has 4 nitrogen and oxygen atoms in total. The highest BCUT2D eigenvalue weighted by Gasteiger charge is 2.16. The molecule has 0 aliphatic heterocycles. The fourth-order valence-electron chi connectivity index (χ4n) is 6.59. The number of hydrogen-bond donors (Lipinski definition) is 0. The summed E-state index contributed by atoms with van der Waals surface area (Å²) in [5.74, 6) is 3.95. The topological polar surface area (TPSA) is 44.8 Å². The smallest absolute Gasteiger partial charge is 0.311 e. The molecular formula is C44H72O4. The van der Waals surface area contributed by atoms with Crippen LogP contribution >= 0.6 is 0 Å². The van der Waals surface area contributed by atoms with Gasteiger partial charge in [0, 0.05) is 12.0 Å². The second-order valence-corrected chi connectivity index (χ2v) is 15.0. The van der Waals surface area contributed by atoms with Crippen LogP contribution in [-0.2, 0) is 24.1 Å². The maximum Gasteiger partial charge on any atom is 0.311 e. The molecule has 0 saturated carbocycles. The summed E-state index contributed by atoms with van der Waals surface area (Å²) in [5, 5.41) is 0. The summed E-state index contributed by atoms with van der Waals surface area (Å²) in [5.41, 5.74) is 3.68. The van der Waals surface area contributed by atoms with Crippen molar-refractivity contribution >= 4 is 5.97 Å². The van der Waals surface area contributed by atoms with E-state index in [1.54, 1.807) is 14.2 Å². The van der Waals surface area contributed by atoms with Gasteiger partial charge in [0.1, 0.15) is 17.2 Å². The third-order valence-electron chi connectivity index (χ3n) is 9.63. The summed E-state index contributed by atoms with van der Waals surface area (Å²) in [6, 6.07) is 12.8. The van der Waals surface area contributed by atoms with Crippen molar-refractivity contribution < 1.29 is 19.0 Å². The molecule has 2 aromatic carbocycles. The molecule has 2 aromatic rings. The molecule has 272 valence electrons. The Morgan fingerprint density at radius 1 is 0.521 bits per heavy atom. The highest BCUT2D eigenvalue weighted by atomic mass is 16.5. The molecule has 0 aliphatic carbocycles. The van der Waals surface area contributed by atoms with Gasteiger partial charge in [0.25, 0.3) is 0 Å². The zero-order valence-electron chi connectivity index (χ0n) is 32.0. The lowest BCUT2D eigenvalue weighted by atomic mass is 9.97. The molecule has 2 rings (SSSR count). The van der Waals surface area contributed by atoms with Gasteiger partial charge in [-0.15, -0.1) is 0 Å². The standard InChI is InChI=1S/C44H72O4/c1-36(2)24-19-15-13-14-17-21-28-41-42(47-6)34-39(27-23-25-37(3)4)35-43(41)48-44(45)29-22-18-12-10-8-7-9-11-16-20-26-38-30-32-40(46-5)33-31-38/h30-37H,7-29H2,1-6H3. The number of methoxy groups -OCH3 is 2. The molecule has 0 fully saturated rings. The van der Waals surface area contributed by atoms with Gasteiger partial charge in [0.05, 0.1) is 14.2 Å². The van der Waals surface area contributed by atoms with Crippen LogP contribution in [0.1, 0.15) is 173 Å². The first-order valence-corrected chi connectivity index (χ1v) is 19.9. The SMILES string of the molecule is COc1ccc(CCCCCCCCCCCCC(=O)Oc2cc(CCCC(C)C)cc(OC)c2CCCCCCCCC(C)C)cc1. The van der Waals surface area contributed by atoms with Crippen molar-refractivity contribution in [3.05, 3.63) is 53.1 Å². The summed E-state index contributed by atoms with van der Waals surface area (Å²) >= 11 is 0. The van der Waals surface area contributed by atoms with Crippen molar-refractivity contribution in [2.45, 2.75) is 175 Å². The minimum Gasteiger partial charge on any atom is -0.497 e. The third kappa shape index (κ3) is 19.5. The number of unbranched alkanes of at least 4 members (excludes halogenated alkanes) is 14. The van der Waals surface area contributed by atoms with E-state index in [9.17, 15) is 4.79 Å². The van der Waals surface area contributed by atoms with Gasteiger partial charge in [-0.1, -0.05) is 136 Å². The number of benzene rings is 2. The molecule has 0 amide bonds. The van der Waals surface area contributed by atoms with E-state index in [-0.39, 0.29) is 5.97 Å². The number of rotatable bonds is 29. The normalized spacial score (nSPS) is 11.4. The molecule has 0 spiro atoms. The van der Waals surface area contributed by atoms with Crippen LogP contribution < -0.4 is 14.2 Å². The van der Waals surface area contributed by atoms with Gasteiger partial charge < -0.3 is 14.2 Å². The highest BCUT2D eigenvalue weighted by Crippen LogP contribution is 2.34. The molecule has 0 radical (unpaired) electrons. The van der Waals surface area contributed by atoms with Crippen molar-refractivity contribution in [3.63, 3.8) is 0 Å². The first-order valence-electron chi connectivity index (χ1n) is 19.9. The van der Waals surface area contributed by atoms with Crippen LogP contribution in [0, 0.1) is 11.8 Å². The lowest BCUT2D eigenvalue weighted by Crippen LogP contribution is -2.10. The van der Waals surface area contributed by atoms with Crippen LogP contribution in [0.4, 0.5) is 0 Å². The Balaban J connectivity index is 1.69. The number of ether oxygens (including phenoxy) is 3. The van der Waals surface area contributed by atoms with Gasteiger partial charge in [0.2, 0.25) is 0 Å². The Kier molecular flexibility index (Phi) is 22.9. The average molecular weight is 665 g/mol. The average Bonchev–Trinajstić information content (AvgIpc) is 3.06. The molecule has 4 heteroatoms. The molecule has 0 aliphatic rings. The summed E-state index contributed by atoms with van der Waals surface area (Å²) < 4.78 is 17.2.